The monoisotopic (exact) mass is 335 g/mol. The van der Waals surface area contributed by atoms with Crippen LogP contribution in [0.25, 0.3) is 0 Å². The lowest BCUT2D eigenvalue weighted by Gasteiger charge is -2.23. The molecule has 1 atom stereocenters. The lowest BCUT2D eigenvalue weighted by atomic mass is 9.89. The van der Waals surface area contributed by atoms with Crippen molar-refractivity contribution in [1.82, 2.24) is 10.6 Å². The molecule has 1 aromatic carbocycles. The first-order chi connectivity index (χ1) is 11.3. The number of rotatable bonds is 7. The fourth-order valence-electron chi connectivity index (χ4n) is 2.33. The Kier molecular flexibility index (Phi) is 7.89. The highest BCUT2D eigenvalue weighted by atomic mass is 16.5. The van der Waals surface area contributed by atoms with Gasteiger partial charge in [0.1, 0.15) is 0 Å². The van der Waals surface area contributed by atoms with E-state index < -0.39 is 0 Å². The molecule has 5 nitrogen and oxygen atoms in total. The van der Waals surface area contributed by atoms with Gasteiger partial charge in [0.25, 0.3) is 0 Å². The molecule has 0 saturated heterocycles. The summed E-state index contributed by atoms with van der Waals surface area (Å²) in [5, 5.41) is 6.79. The number of aliphatic imine (C=N–C) groups is 1. The van der Waals surface area contributed by atoms with Crippen molar-refractivity contribution >= 4 is 5.96 Å². The van der Waals surface area contributed by atoms with Crippen molar-refractivity contribution < 1.29 is 9.47 Å². The molecule has 1 aromatic rings. The van der Waals surface area contributed by atoms with E-state index in [1.807, 2.05) is 18.2 Å². The van der Waals surface area contributed by atoms with Crippen LogP contribution in [0.4, 0.5) is 0 Å². The first kappa shape index (κ1) is 20.1. The summed E-state index contributed by atoms with van der Waals surface area (Å²) in [5.74, 6) is 2.28. The molecule has 0 saturated carbocycles. The number of methoxy groups -OCH3 is 2. The average molecular weight is 335 g/mol. The van der Waals surface area contributed by atoms with E-state index >= 15 is 0 Å². The predicted molar refractivity (Wildman–Crippen MR) is 101 cm³/mol. The van der Waals surface area contributed by atoms with Crippen LogP contribution in [0.5, 0.6) is 11.5 Å². The van der Waals surface area contributed by atoms with E-state index in [2.05, 4.69) is 43.3 Å². The van der Waals surface area contributed by atoms with Crippen LogP contribution in [-0.2, 0) is 6.54 Å². The Labute approximate surface area is 146 Å². The molecular weight excluding hydrogens is 302 g/mol. The predicted octanol–water partition coefficient (Wildman–Crippen LogP) is 3.58. The van der Waals surface area contributed by atoms with Gasteiger partial charge in [0, 0.05) is 19.6 Å². The molecule has 0 aromatic heterocycles. The van der Waals surface area contributed by atoms with E-state index in [1.54, 1.807) is 21.3 Å². The molecule has 0 bridgehead atoms. The van der Waals surface area contributed by atoms with Gasteiger partial charge in [-0.2, -0.15) is 0 Å². The zero-order chi connectivity index (χ0) is 18.2. The molecule has 0 aliphatic rings. The van der Waals surface area contributed by atoms with Gasteiger partial charge in [-0.3, -0.25) is 4.99 Å². The Morgan fingerprint density at radius 1 is 1.17 bits per heavy atom. The van der Waals surface area contributed by atoms with E-state index in [-0.39, 0.29) is 0 Å². The second-order valence-corrected chi connectivity index (χ2v) is 7.26. The van der Waals surface area contributed by atoms with Crippen LogP contribution in [0.2, 0.25) is 0 Å². The number of nitrogens with zero attached hydrogens (tertiary/aromatic N) is 1. The second-order valence-electron chi connectivity index (χ2n) is 7.26. The molecule has 0 heterocycles. The van der Waals surface area contributed by atoms with Gasteiger partial charge in [0.05, 0.1) is 14.2 Å². The van der Waals surface area contributed by atoms with E-state index in [9.17, 15) is 0 Å². The third-order valence-electron chi connectivity index (χ3n) is 3.84. The van der Waals surface area contributed by atoms with Gasteiger partial charge >= 0.3 is 0 Å². The van der Waals surface area contributed by atoms with E-state index in [0.717, 1.165) is 29.4 Å². The van der Waals surface area contributed by atoms with Crippen molar-refractivity contribution in [2.24, 2.45) is 10.4 Å². The SMILES string of the molecule is CN=C(NCc1ccc(OC)c(OC)c1)NC(C)CCC(C)(C)C. The van der Waals surface area contributed by atoms with Crippen molar-refractivity contribution in [3.05, 3.63) is 23.8 Å². The third kappa shape index (κ3) is 7.11. The highest BCUT2D eigenvalue weighted by molar-refractivity contribution is 5.79. The first-order valence-corrected chi connectivity index (χ1v) is 8.47. The minimum absolute atomic E-state index is 0.354. The minimum Gasteiger partial charge on any atom is -0.493 e. The van der Waals surface area contributed by atoms with Crippen molar-refractivity contribution in [1.29, 1.82) is 0 Å². The topological polar surface area (TPSA) is 54.9 Å². The summed E-state index contributed by atoms with van der Waals surface area (Å²) in [6.07, 6.45) is 2.29. The maximum absolute atomic E-state index is 5.34. The van der Waals surface area contributed by atoms with Crippen LogP contribution in [0.15, 0.2) is 23.2 Å². The highest BCUT2D eigenvalue weighted by Crippen LogP contribution is 2.27. The molecule has 0 aliphatic carbocycles. The summed E-state index contributed by atoms with van der Waals surface area (Å²) in [4.78, 5) is 4.30. The van der Waals surface area contributed by atoms with Crippen molar-refractivity contribution in [2.45, 2.75) is 53.1 Å². The Morgan fingerprint density at radius 2 is 1.83 bits per heavy atom. The fourth-order valence-corrected chi connectivity index (χ4v) is 2.33. The van der Waals surface area contributed by atoms with Crippen LogP contribution in [0, 0.1) is 5.41 Å². The molecule has 136 valence electrons. The van der Waals surface area contributed by atoms with Crippen molar-refractivity contribution in [2.75, 3.05) is 21.3 Å². The van der Waals surface area contributed by atoms with Gasteiger partial charge in [0.2, 0.25) is 0 Å². The average Bonchev–Trinajstić information content (AvgIpc) is 2.55. The van der Waals surface area contributed by atoms with Crippen LogP contribution >= 0.6 is 0 Å². The molecule has 1 rings (SSSR count). The standard InChI is InChI=1S/C19H33N3O2/c1-14(10-11-19(2,3)4)22-18(20-5)21-13-15-8-9-16(23-6)17(12-15)24-7/h8-9,12,14H,10-11,13H2,1-7H3,(H2,20,21,22). The number of ether oxygens (including phenoxy) is 2. The fraction of sp³-hybridized carbons (Fsp3) is 0.632. The number of nitrogens with one attached hydrogen (secondary N) is 2. The summed E-state index contributed by atoms with van der Waals surface area (Å²) >= 11 is 0. The Morgan fingerprint density at radius 3 is 2.38 bits per heavy atom. The van der Waals surface area contributed by atoms with Gasteiger partial charge in [0.15, 0.2) is 17.5 Å². The Hall–Kier alpha value is -1.91. The van der Waals surface area contributed by atoms with Crippen molar-refractivity contribution in [3.8, 4) is 11.5 Å². The van der Waals surface area contributed by atoms with Gasteiger partial charge in [-0.15, -0.1) is 0 Å². The Balaban J connectivity index is 2.55. The number of benzene rings is 1. The summed E-state index contributed by atoms with van der Waals surface area (Å²) in [6.45, 7) is 9.67. The van der Waals surface area contributed by atoms with E-state index in [0.29, 0.717) is 18.0 Å². The third-order valence-corrected chi connectivity index (χ3v) is 3.84. The van der Waals surface area contributed by atoms with Gasteiger partial charge < -0.3 is 20.1 Å². The minimum atomic E-state index is 0.354. The Bertz CT molecular complexity index is 536. The molecular formula is C19H33N3O2. The van der Waals surface area contributed by atoms with Gasteiger partial charge in [-0.1, -0.05) is 26.8 Å². The lowest BCUT2D eigenvalue weighted by Crippen LogP contribution is -2.42. The van der Waals surface area contributed by atoms with Crippen LogP contribution in [-0.4, -0.2) is 33.3 Å². The van der Waals surface area contributed by atoms with Crippen molar-refractivity contribution in [3.63, 3.8) is 0 Å². The van der Waals surface area contributed by atoms with E-state index in [4.69, 9.17) is 9.47 Å². The maximum atomic E-state index is 5.34. The number of hydrogen-bond acceptors (Lipinski definition) is 3. The molecule has 2 N–H and O–H groups in total. The molecule has 24 heavy (non-hydrogen) atoms. The highest BCUT2D eigenvalue weighted by Gasteiger charge is 2.13. The van der Waals surface area contributed by atoms with Crippen LogP contribution in [0.3, 0.4) is 0 Å². The number of hydrogen-bond donors (Lipinski definition) is 2. The summed E-state index contributed by atoms with van der Waals surface area (Å²) in [6, 6.07) is 6.28. The van der Waals surface area contributed by atoms with Gasteiger partial charge in [-0.25, -0.2) is 0 Å². The zero-order valence-corrected chi connectivity index (χ0v) is 16.2. The maximum Gasteiger partial charge on any atom is 0.191 e. The van der Waals surface area contributed by atoms with E-state index in [1.165, 1.54) is 6.42 Å². The first-order valence-electron chi connectivity index (χ1n) is 8.47. The molecule has 1 unspecified atom stereocenters. The number of guanidine groups is 1. The summed E-state index contributed by atoms with van der Waals surface area (Å²) in [7, 11) is 5.08. The molecule has 0 radical (unpaired) electrons. The largest absolute Gasteiger partial charge is 0.493 e. The molecule has 0 fully saturated rings. The second kappa shape index (κ2) is 9.40. The molecule has 0 spiro atoms. The van der Waals surface area contributed by atoms with Gasteiger partial charge in [-0.05, 0) is 42.9 Å². The normalized spacial score (nSPS) is 13.4. The lowest BCUT2D eigenvalue weighted by molar-refractivity contribution is 0.346. The molecule has 5 heteroatoms. The zero-order valence-electron chi connectivity index (χ0n) is 16.2. The quantitative estimate of drug-likeness (QED) is 0.591. The van der Waals surface area contributed by atoms with Crippen LogP contribution < -0.4 is 20.1 Å². The molecule has 0 amide bonds. The molecule has 0 aliphatic heterocycles. The summed E-state index contributed by atoms with van der Waals surface area (Å²) in [5.41, 5.74) is 1.46. The summed E-state index contributed by atoms with van der Waals surface area (Å²) < 4.78 is 10.6. The van der Waals surface area contributed by atoms with Crippen LogP contribution in [0.1, 0.15) is 46.1 Å². The smallest absolute Gasteiger partial charge is 0.191 e.